The fourth-order valence-corrected chi connectivity index (χ4v) is 0. The van der Waals surface area contributed by atoms with Gasteiger partial charge in [-0.3, -0.25) is 0 Å². The second kappa shape index (κ2) is 36.0. The third kappa shape index (κ3) is 439. The molecule has 4 nitrogen and oxygen atoms in total. The van der Waals surface area contributed by atoms with E-state index >= 15 is 0 Å². The molecule has 2 N–H and O–H groups in total. The summed E-state index contributed by atoms with van der Waals surface area (Å²) in [5.74, 6) is 0. The molecule has 0 bridgehead atoms. The third-order valence-corrected chi connectivity index (χ3v) is 0. The summed E-state index contributed by atoms with van der Waals surface area (Å²) >= 11 is 0.194. The van der Waals surface area contributed by atoms with Gasteiger partial charge in [-0.05, 0) is 0 Å². The minimum Gasteiger partial charge on any atom is -0.813 e. The molecule has 0 unspecified atom stereocenters. The first-order chi connectivity index (χ1) is 2.73. The maximum Gasteiger partial charge on any atom is -0.813 e. The van der Waals surface area contributed by atoms with Crippen molar-refractivity contribution >= 4 is 71.4 Å². The van der Waals surface area contributed by atoms with Crippen LogP contribution in [0.4, 0.5) is 4.79 Å². The van der Waals surface area contributed by atoms with Crippen LogP contribution >= 0.6 is 0 Å². The van der Waals surface area contributed by atoms with Crippen molar-refractivity contribution in [3.63, 3.8) is 0 Å². The number of carboxylic acid groups (broad SMARTS) is 2. The maximum atomic E-state index is 8.56. The molecule has 0 aromatic rings. The molecule has 0 aliphatic rings. The van der Waals surface area contributed by atoms with Gasteiger partial charge in [0, 0.05) is 0 Å². The Balaban J connectivity index is -0.00000000990. The van der Waals surface area contributed by atoms with Crippen molar-refractivity contribution in [1.29, 1.82) is 0 Å². The number of rotatable bonds is 0. The van der Waals surface area contributed by atoms with Gasteiger partial charge in [-0.2, -0.15) is 0 Å². The van der Waals surface area contributed by atoms with E-state index in [2.05, 4.69) is 0 Å². The predicted molar refractivity (Wildman–Crippen MR) is 43.4 cm³/mol. The summed E-state index contributed by atoms with van der Waals surface area (Å²) in [4.78, 5) is 8.56. The van der Waals surface area contributed by atoms with Crippen molar-refractivity contribution in [1.82, 2.24) is 0 Å². The van der Waals surface area contributed by atoms with Gasteiger partial charge in [0.25, 0.3) is 0 Å². The second-order valence-corrected chi connectivity index (χ2v) is 0.283. The standard InChI is InChI=1S/CH2O3.Bi.O.3H2S/c2-1(3)4;;;;;/h(H2,2,3,4);;;3*1H2/p-3. The Morgan fingerprint density at radius 1 is 1.00 bits per heavy atom. The molecular formula is CH5BiO4S3-3. The molecule has 0 rings (SSSR count). The molecule has 0 heterocycles. The van der Waals surface area contributed by atoms with Crippen molar-refractivity contribution in [3.05, 3.63) is 0 Å². The third-order valence-electron chi connectivity index (χ3n) is 0. The smallest absolute Gasteiger partial charge is 0.813 e. The van der Waals surface area contributed by atoms with Crippen LogP contribution < -0.4 is 0 Å². The number of hydrogen-bond acceptors (Lipinski definition) is 5. The van der Waals surface area contributed by atoms with Crippen molar-refractivity contribution in [3.8, 4) is 0 Å². The van der Waals surface area contributed by atoms with Crippen LogP contribution in [0.25, 0.3) is 0 Å². The zero-order valence-corrected chi connectivity index (χ0v) is 10.2. The predicted octanol–water partition coefficient (Wildman–Crippen LogP) is -1.09. The molecule has 8 heteroatoms. The van der Waals surface area contributed by atoms with E-state index in [1.54, 1.807) is 0 Å². The first-order valence-electron chi connectivity index (χ1n) is 0.834. The summed E-state index contributed by atoms with van der Waals surface area (Å²) in [7, 11) is 0. The molecular weight excluding hydrogens is 381 g/mol. The quantitative estimate of drug-likeness (QED) is 0.312. The summed E-state index contributed by atoms with van der Waals surface area (Å²) in [5.41, 5.74) is 0. The van der Waals surface area contributed by atoms with Crippen LogP contribution in [0.3, 0.4) is 0 Å². The Kier molecular flexibility index (Phi) is 130. The monoisotopic (exact) mass is 386 g/mol. The Morgan fingerprint density at radius 2 is 1.00 bits per heavy atom. The van der Waals surface area contributed by atoms with E-state index < -0.39 is 6.16 Å². The van der Waals surface area contributed by atoms with Gasteiger partial charge in [-0.25, -0.2) is 4.79 Å². The summed E-state index contributed by atoms with van der Waals surface area (Å²) in [6.45, 7) is 0. The molecule has 9 heavy (non-hydrogen) atoms. The SMILES string of the molecule is O=C(O)O.[O]=[Bi].[SH-].[SH-].[SH-]. The van der Waals surface area contributed by atoms with Crippen molar-refractivity contribution in [2.45, 2.75) is 0 Å². The average Bonchev–Trinajstić information content (AvgIpc) is 1.41. The zero-order valence-electron chi connectivity index (χ0n) is 4.00. The molecule has 0 saturated carbocycles. The molecule has 0 aromatic heterocycles. The largest absolute Gasteiger partial charge is 0.813 e. The van der Waals surface area contributed by atoms with E-state index in [0.29, 0.717) is 0 Å². The van der Waals surface area contributed by atoms with Gasteiger partial charge < -0.3 is 50.7 Å². The summed E-state index contributed by atoms with van der Waals surface area (Å²) in [5, 5.41) is 13.9. The molecule has 0 atom stereocenters. The van der Waals surface area contributed by atoms with E-state index in [-0.39, 0.29) is 65.2 Å². The minimum absolute atomic E-state index is 0. The van der Waals surface area contributed by atoms with E-state index in [1.165, 1.54) is 0 Å². The molecule has 0 spiro atoms. The van der Waals surface area contributed by atoms with Gasteiger partial charge in [0.1, 0.15) is 0 Å². The maximum absolute atomic E-state index is 8.56. The van der Waals surface area contributed by atoms with Gasteiger partial charge in [-0.15, -0.1) is 0 Å². The first-order valence-corrected chi connectivity index (χ1v) is 2.25. The van der Waals surface area contributed by atoms with Crippen LogP contribution in [0.1, 0.15) is 0 Å². The number of thiol groups is 3. The molecule has 1 radical (unpaired) electrons. The van der Waals surface area contributed by atoms with Crippen LogP contribution in [0, 0.1) is 0 Å². The molecule has 0 aromatic carbocycles. The van der Waals surface area contributed by atoms with Crippen molar-refractivity contribution in [2.75, 3.05) is 0 Å². The summed E-state index contributed by atoms with van der Waals surface area (Å²) in [6, 6.07) is 0. The summed E-state index contributed by atoms with van der Waals surface area (Å²) in [6.07, 6.45) is -1.83. The fraction of sp³-hybridized carbons (Fsp3) is 0. The van der Waals surface area contributed by atoms with Crippen LogP contribution in [0.15, 0.2) is 0 Å². The Morgan fingerprint density at radius 3 is 1.00 bits per heavy atom. The van der Waals surface area contributed by atoms with Crippen LogP contribution in [-0.4, -0.2) is 41.1 Å². The molecule has 0 fully saturated rings. The number of carbonyl (C=O) groups is 1. The zero-order chi connectivity index (χ0) is 5.58. The van der Waals surface area contributed by atoms with E-state index in [9.17, 15) is 0 Å². The van der Waals surface area contributed by atoms with Crippen molar-refractivity contribution < 1.29 is 17.8 Å². The molecule has 0 saturated heterocycles. The van der Waals surface area contributed by atoms with Crippen LogP contribution in [0.2, 0.25) is 0 Å². The van der Waals surface area contributed by atoms with Gasteiger partial charge >= 0.3 is 33.7 Å². The Bertz CT molecular complexity index is 47.1. The van der Waals surface area contributed by atoms with E-state index in [0.717, 1.165) is 0 Å². The van der Waals surface area contributed by atoms with Crippen LogP contribution in [0.5, 0.6) is 0 Å². The van der Waals surface area contributed by atoms with Gasteiger partial charge in [0.2, 0.25) is 0 Å². The normalized spacial score (nSPS) is 3.11. The van der Waals surface area contributed by atoms with E-state index in [1.807, 2.05) is 0 Å². The van der Waals surface area contributed by atoms with E-state index in [4.69, 9.17) is 17.8 Å². The van der Waals surface area contributed by atoms with Crippen LogP contribution in [-0.2, 0) is 43.3 Å². The first kappa shape index (κ1) is 32.4. The fourth-order valence-electron chi connectivity index (χ4n) is 0. The van der Waals surface area contributed by atoms with Gasteiger partial charge in [-0.1, -0.05) is 0 Å². The Hall–Kier alpha value is 1.00. The molecule has 0 amide bonds. The number of hydrogen-bond donors (Lipinski definition) is 2. The topological polar surface area (TPSA) is 74.6 Å². The van der Waals surface area contributed by atoms with Gasteiger partial charge in [0.05, 0.1) is 0 Å². The molecule has 0 aliphatic heterocycles. The molecule has 59 valence electrons. The van der Waals surface area contributed by atoms with Crippen molar-refractivity contribution in [2.24, 2.45) is 0 Å². The van der Waals surface area contributed by atoms with Gasteiger partial charge in [0.15, 0.2) is 0 Å². The minimum atomic E-state index is -1.83. The molecule has 0 aliphatic carbocycles. The average molecular weight is 386 g/mol. The second-order valence-electron chi connectivity index (χ2n) is 0.283. The summed E-state index contributed by atoms with van der Waals surface area (Å²) < 4.78 is 8.36. The Labute approximate surface area is 88.7 Å².